The Labute approximate surface area is 101 Å². The van der Waals surface area contributed by atoms with Crippen molar-refractivity contribution in [2.75, 3.05) is 12.8 Å². The Kier molecular flexibility index (Phi) is 5.35. The molecule has 0 bridgehead atoms. The minimum absolute atomic E-state index is 0.365. The van der Waals surface area contributed by atoms with E-state index in [0.29, 0.717) is 17.4 Å². The summed E-state index contributed by atoms with van der Waals surface area (Å²) < 4.78 is 0. The van der Waals surface area contributed by atoms with E-state index in [1.165, 1.54) is 0 Å². The summed E-state index contributed by atoms with van der Waals surface area (Å²) in [5, 5.41) is 3.89. The van der Waals surface area contributed by atoms with E-state index in [2.05, 4.69) is 18.5 Å². The Morgan fingerprint density at radius 2 is 2.19 bits per heavy atom. The highest BCUT2D eigenvalue weighted by Crippen LogP contribution is 2.08. The fourth-order valence-corrected chi connectivity index (χ4v) is 1.69. The summed E-state index contributed by atoms with van der Waals surface area (Å²) in [7, 11) is 0. The molecule has 0 heterocycles. The van der Waals surface area contributed by atoms with Crippen LogP contribution < -0.4 is 11.1 Å². The van der Waals surface area contributed by atoms with Crippen LogP contribution in [0.5, 0.6) is 0 Å². The summed E-state index contributed by atoms with van der Waals surface area (Å²) in [6.07, 6.45) is 2.09. The average molecular weight is 238 g/mol. The smallest absolute Gasteiger partial charge is 0.249 e. The Hall–Kier alpha value is -1.00. The van der Waals surface area contributed by atoms with Crippen LogP contribution in [0.2, 0.25) is 0 Å². The highest BCUT2D eigenvalue weighted by Gasteiger charge is 2.06. The van der Waals surface area contributed by atoms with Crippen molar-refractivity contribution >= 4 is 17.7 Å². The molecule has 3 N–H and O–H groups in total. The Morgan fingerprint density at radius 3 is 2.81 bits per heavy atom. The lowest BCUT2D eigenvalue weighted by atomic mass is 10.1. The van der Waals surface area contributed by atoms with Gasteiger partial charge in [0, 0.05) is 23.9 Å². The summed E-state index contributed by atoms with van der Waals surface area (Å²) in [6.45, 7) is 3.77. The SMILES string of the molecule is CSC(C)CNCc1ccccc1C(N)=O. The van der Waals surface area contributed by atoms with Crippen molar-refractivity contribution in [3.63, 3.8) is 0 Å². The van der Waals surface area contributed by atoms with Crippen molar-refractivity contribution in [3.05, 3.63) is 35.4 Å². The first-order valence-corrected chi connectivity index (χ1v) is 6.55. The number of nitrogens with two attached hydrogens (primary N) is 1. The molecular weight excluding hydrogens is 220 g/mol. The molecule has 0 aromatic heterocycles. The highest BCUT2D eigenvalue weighted by molar-refractivity contribution is 7.99. The molecule has 0 aliphatic heterocycles. The molecule has 1 aromatic carbocycles. The molecule has 1 amide bonds. The van der Waals surface area contributed by atoms with Gasteiger partial charge in [0.25, 0.3) is 0 Å². The molecule has 0 aliphatic rings. The van der Waals surface area contributed by atoms with E-state index in [9.17, 15) is 4.79 Å². The van der Waals surface area contributed by atoms with Crippen LogP contribution in [0.25, 0.3) is 0 Å². The number of primary amides is 1. The molecule has 16 heavy (non-hydrogen) atoms. The monoisotopic (exact) mass is 238 g/mol. The largest absolute Gasteiger partial charge is 0.366 e. The van der Waals surface area contributed by atoms with Gasteiger partial charge in [-0.15, -0.1) is 0 Å². The number of carbonyl (C=O) groups excluding carboxylic acids is 1. The molecular formula is C12H18N2OS. The van der Waals surface area contributed by atoms with Crippen LogP contribution in [0.15, 0.2) is 24.3 Å². The molecule has 1 aromatic rings. The summed E-state index contributed by atoms with van der Waals surface area (Å²) >= 11 is 1.82. The Bertz CT molecular complexity index is 355. The van der Waals surface area contributed by atoms with E-state index in [0.717, 1.165) is 12.1 Å². The van der Waals surface area contributed by atoms with Crippen molar-refractivity contribution < 1.29 is 4.79 Å². The minimum Gasteiger partial charge on any atom is -0.366 e. The molecule has 0 saturated heterocycles. The third-order valence-corrected chi connectivity index (χ3v) is 3.40. The van der Waals surface area contributed by atoms with Gasteiger partial charge in [0.2, 0.25) is 5.91 Å². The second-order valence-electron chi connectivity index (χ2n) is 3.70. The normalized spacial score (nSPS) is 12.4. The molecule has 1 unspecified atom stereocenters. The van der Waals surface area contributed by atoms with Gasteiger partial charge in [0.05, 0.1) is 0 Å². The zero-order chi connectivity index (χ0) is 12.0. The number of nitrogens with one attached hydrogen (secondary N) is 1. The van der Waals surface area contributed by atoms with E-state index in [1.54, 1.807) is 6.07 Å². The third kappa shape index (κ3) is 3.87. The van der Waals surface area contributed by atoms with Gasteiger partial charge in [0.1, 0.15) is 0 Å². The van der Waals surface area contributed by atoms with Crippen LogP contribution in [-0.4, -0.2) is 24.0 Å². The van der Waals surface area contributed by atoms with Crippen LogP contribution in [0.4, 0.5) is 0 Å². The third-order valence-electron chi connectivity index (χ3n) is 2.43. The molecule has 0 radical (unpaired) electrons. The number of carbonyl (C=O) groups is 1. The molecule has 1 rings (SSSR count). The predicted molar refractivity (Wildman–Crippen MR) is 69.6 cm³/mol. The van der Waals surface area contributed by atoms with Gasteiger partial charge in [-0.1, -0.05) is 25.1 Å². The van der Waals surface area contributed by atoms with E-state index in [4.69, 9.17) is 5.73 Å². The van der Waals surface area contributed by atoms with Gasteiger partial charge in [-0.05, 0) is 17.9 Å². The van der Waals surface area contributed by atoms with Crippen LogP contribution in [-0.2, 0) is 6.54 Å². The Morgan fingerprint density at radius 1 is 1.50 bits per heavy atom. The first kappa shape index (κ1) is 13.1. The summed E-state index contributed by atoms with van der Waals surface area (Å²) in [6, 6.07) is 7.43. The first-order valence-electron chi connectivity index (χ1n) is 5.26. The van der Waals surface area contributed by atoms with E-state index in [1.807, 2.05) is 30.0 Å². The van der Waals surface area contributed by atoms with Gasteiger partial charge < -0.3 is 11.1 Å². The first-order chi connectivity index (χ1) is 7.65. The molecule has 4 heteroatoms. The lowest BCUT2D eigenvalue weighted by Crippen LogP contribution is -2.24. The van der Waals surface area contributed by atoms with Crippen molar-refractivity contribution in [2.24, 2.45) is 5.73 Å². The van der Waals surface area contributed by atoms with E-state index < -0.39 is 0 Å². The maximum Gasteiger partial charge on any atom is 0.249 e. The number of amides is 1. The zero-order valence-corrected chi connectivity index (χ0v) is 10.5. The fraction of sp³-hybridized carbons (Fsp3) is 0.417. The second kappa shape index (κ2) is 6.55. The molecule has 88 valence electrons. The van der Waals surface area contributed by atoms with Gasteiger partial charge in [-0.25, -0.2) is 0 Å². The van der Waals surface area contributed by atoms with Crippen molar-refractivity contribution in [1.82, 2.24) is 5.32 Å². The molecule has 0 saturated carbocycles. The number of hydrogen-bond donors (Lipinski definition) is 2. The zero-order valence-electron chi connectivity index (χ0n) is 9.69. The second-order valence-corrected chi connectivity index (χ2v) is 4.97. The van der Waals surface area contributed by atoms with Gasteiger partial charge in [0.15, 0.2) is 0 Å². The molecule has 1 atom stereocenters. The summed E-state index contributed by atoms with van der Waals surface area (Å²) in [4.78, 5) is 11.2. The van der Waals surface area contributed by atoms with Crippen LogP contribution in [0.3, 0.4) is 0 Å². The van der Waals surface area contributed by atoms with Gasteiger partial charge in [-0.2, -0.15) is 11.8 Å². The molecule has 0 fully saturated rings. The predicted octanol–water partition coefficient (Wildman–Crippen LogP) is 1.63. The topological polar surface area (TPSA) is 55.1 Å². The highest BCUT2D eigenvalue weighted by atomic mass is 32.2. The summed E-state index contributed by atoms with van der Waals surface area (Å²) in [5.74, 6) is -0.365. The molecule has 0 spiro atoms. The Balaban J connectivity index is 2.56. The molecule has 0 aliphatic carbocycles. The number of benzene rings is 1. The van der Waals surface area contributed by atoms with Crippen LogP contribution >= 0.6 is 11.8 Å². The van der Waals surface area contributed by atoms with Gasteiger partial charge >= 0.3 is 0 Å². The number of rotatable bonds is 6. The number of thioether (sulfide) groups is 1. The quantitative estimate of drug-likeness (QED) is 0.792. The van der Waals surface area contributed by atoms with Crippen LogP contribution in [0.1, 0.15) is 22.8 Å². The maximum absolute atomic E-state index is 11.2. The van der Waals surface area contributed by atoms with E-state index >= 15 is 0 Å². The van der Waals surface area contributed by atoms with Crippen molar-refractivity contribution in [3.8, 4) is 0 Å². The standard InChI is InChI=1S/C12H18N2OS/c1-9(16-2)7-14-8-10-5-3-4-6-11(10)12(13)15/h3-6,9,14H,7-8H2,1-2H3,(H2,13,15). The average Bonchev–Trinajstić information content (AvgIpc) is 2.29. The van der Waals surface area contributed by atoms with Crippen molar-refractivity contribution in [2.45, 2.75) is 18.7 Å². The van der Waals surface area contributed by atoms with Crippen LogP contribution in [0, 0.1) is 0 Å². The minimum atomic E-state index is -0.365. The fourth-order valence-electron chi connectivity index (χ4n) is 1.41. The van der Waals surface area contributed by atoms with Gasteiger partial charge in [-0.3, -0.25) is 4.79 Å². The number of hydrogen-bond acceptors (Lipinski definition) is 3. The maximum atomic E-state index is 11.2. The summed E-state index contributed by atoms with van der Waals surface area (Å²) in [5.41, 5.74) is 6.87. The molecule has 3 nitrogen and oxygen atoms in total. The lowest BCUT2D eigenvalue weighted by Gasteiger charge is -2.11. The van der Waals surface area contributed by atoms with E-state index in [-0.39, 0.29) is 5.91 Å². The lowest BCUT2D eigenvalue weighted by molar-refractivity contribution is 0.0999. The van der Waals surface area contributed by atoms with Crippen molar-refractivity contribution in [1.29, 1.82) is 0 Å².